The molecule has 0 aliphatic carbocycles. The largest absolute Gasteiger partial charge is 0.339 e. The van der Waals surface area contributed by atoms with Crippen molar-refractivity contribution in [2.24, 2.45) is 0 Å². The fourth-order valence-corrected chi connectivity index (χ4v) is 2.91. The summed E-state index contributed by atoms with van der Waals surface area (Å²) in [5, 5.41) is 0. The number of hydrogen-bond acceptors (Lipinski definition) is 1. The molecule has 3 rings (SSSR count). The standard InChI is InChI=1S/C20H21NO/c1-16(20(22)21-14-6-3-7-15-21)17-10-12-19(13-11-17)18-8-4-2-5-9-18/h2,4-5,8-13H,1,3,6-7,14-15H2. The van der Waals surface area contributed by atoms with Gasteiger partial charge in [-0.1, -0.05) is 61.2 Å². The van der Waals surface area contributed by atoms with Gasteiger partial charge in [0.2, 0.25) is 0 Å². The second kappa shape index (κ2) is 6.61. The molecule has 1 aliphatic heterocycles. The van der Waals surface area contributed by atoms with Gasteiger partial charge in [0.15, 0.2) is 0 Å². The Morgan fingerprint density at radius 1 is 0.818 bits per heavy atom. The van der Waals surface area contributed by atoms with Crippen molar-refractivity contribution < 1.29 is 4.79 Å². The Labute approximate surface area is 132 Å². The molecule has 2 heteroatoms. The van der Waals surface area contributed by atoms with Crippen molar-refractivity contribution in [2.45, 2.75) is 19.3 Å². The third-order valence-electron chi connectivity index (χ3n) is 4.24. The minimum Gasteiger partial charge on any atom is -0.339 e. The van der Waals surface area contributed by atoms with Crippen LogP contribution in [0.1, 0.15) is 24.8 Å². The van der Waals surface area contributed by atoms with E-state index in [1.807, 2.05) is 35.2 Å². The molecule has 1 amide bonds. The van der Waals surface area contributed by atoms with Crippen LogP contribution in [0.4, 0.5) is 0 Å². The van der Waals surface area contributed by atoms with Gasteiger partial charge in [0.25, 0.3) is 5.91 Å². The number of nitrogens with zero attached hydrogens (tertiary/aromatic N) is 1. The van der Waals surface area contributed by atoms with E-state index in [0.29, 0.717) is 5.57 Å². The van der Waals surface area contributed by atoms with Crippen molar-refractivity contribution in [1.82, 2.24) is 4.90 Å². The van der Waals surface area contributed by atoms with E-state index in [0.717, 1.165) is 37.1 Å². The molecule has 1 fully saturated rings. The summed E-state index contributed by atoms with van der Waals surface area (Å²) >= 11 is 0. The van der Waals surface area contributed by atoms with Crippen molar-refractivity contribution in [3.63, 3.8) is 0 Å². The van der Waals surface area contributed by atoms with Crippen LogP contribution in [0.15, 0.2) is 61.2 Å². The summed E-state index contributed by atoms with van der Waals surface area (Å²) in [5.41, 5.74) is 3.85. The molecular weight excluding hydrogens is 270 g/mol. The molecule has 0 bridgehead atoms. The van der Waals surface area contributed by atoms with Crippen LogP contribution in [0, 0.1) is 0 Å². The molecule has 1 aliphatic rings. The highest BCUT2D eigenvalue weighted by molar-refractivity contribution is 6.18. The van der Waals surface area contributed by atoms with Gasteiger partial charge in [0.1, 0.15) is 0 Å². The smallest absolute Gasteiger partial charge is 0.253 e. The fraction of sp³-hybridized carbons (Fsp3) is 0.250. The highest BCUT2D eigenvalue weighted by atomic mass is 16.2. The first-order chi connectivity index (χ1) is 10.8. The van der Waals surface area contributed by atoms with Crippen molar-refractivity contribution in [3.05, 3.63) is 66.7 Å². The monoisotopic (exact) mass is 291 g/mol. The highest BCUT2D eigenvalue weighted by Crippen LogP contribution is 2.23. The fourth-order valence-electron chi connectivity index (χ4n) is 2.91. The van der Waals surface area contributed by atoms with Gasteiger partial charge in [-0.25, -0.2) is 0 Å². The topological polar surface area (TPSA) is 20.3 Å². The first-order valence-corrected chi connectivity index (χ1v) is 7.90. The van der Waals surface area contributed by atoms with Crippen LogP contribution in [0.25, 0.3) is 16.7 Å². The number of rotatable bonds is 3. The SMILES string of the molecule is C=C(C(=O)N1CCCCC1)c1ccc(-c2ccccc2)cc1. The van der Waals surface area contributed by atoms with Gasteiger partial charge >= 0.3 is 0 Å². The second-order valence-corrected chi connectivity index (χ2v) is 5.77. The van der Waals surface area contributed by atoms with E-state index in [1.54, 1.807) is 0 Å². The molecule has 1 heterocycles. The van der Waals surface area contributed by atoms with Crippen molar-refractivity contribution in [1.29, 1.82) is 0 Å². The maximum atomic E-state index is 12.5. The van der Waals surface area contributed by atoms with Gasteiger partial charge in [-0.05, 0) is 36.0 Å². The van der Waals surface area contributed by atoms with Crippen molar-refractivity contribution in [3.8, 4) is 11.1 Å². The van der Waals surface area contributed by atoms with E-state index in [9.17, 15) is 4.79 Å². The summed E-state index contributed by atoms with van der Waals surface area (Å²) < 4.78 is 0. The van der Waals surface area contributed by atoms with Crippen LogP contribution in [0.5, 0.6) is 0 Å². The molecule has 112 valence electrons. The van der Waals surface area contributed by atoms with E-state index in [1.165, 1.54) is 12.0 Å². The Bertz CT molecular complexity index is 652. The Hall–Kier alpha value is -2.35. The normalized spacial score (nSPS) is 14.6. The summed E-state index contributed by atoms with van der Waals surface area (Å²) in [6, 6.07) is 18.3. The third-order valence-corrected chi connectivity index (χ3v) is 4.24. The zero-order valence-electron chi connectivity index (χ0n) is 12.8. The van der Waals surface area contributed by atoms with Crippen LogP contribution in [0.2, 0.25) is 0 Å². The Morgan fingerprint density at radius 3 is 2.05 bits per heavy atom. The number of hydrogen-bond donors (Lipinski definition) is 0. The second-order valence-electron chi connectivity index (χ2n) is 5.77. The molecule has 2 aromatic carbocycles. The third kappa shape index (κ3) is 3.11. The van der Waals surface area contributed by atoms with Crippen LogP contribution < -0.4 is 0 Å². The van der Waals surface area contributed by atoms with Crippen LogP contribution >= 0.6 is 0 Å². The zero-order valence-corrected chi connectivity index (χ0v) is 12.8. The lowest BCUT2D eigenvalue weighted by atomic mass is 10.00. The summed E-state index contributed by atoms with van der Waals surface area (Å²) in [5.74, 6) is 0.0761. The number of piperidine rings is 1. The maximum Gasteiger partial charge on any atom is 0.253 e. The number of benzene rings is 2. The van der Waals surface area contributed by atoms with Crippen LogP contribution in [0.3, 0.4) is 0 Å². The van der Waals surface area contributed by atoms with Gasteiger partial charge in [-0.3, -0.25) is 4.79 Å². The van der Waals surface area contributed by atoms with E-state index in [-0.39, 0.29) is 5.91 Å². The maximum absolute atomic E-state index is 12.5. The molecule has 0 unspecified atom stereocenters. The molecule has 2 nitrogen and oxygen atoms in total. The summed E-state index contributed by atoms with van der Waals surface area (Å²) in [4.78, 5) is 14.4. The van der Waals surface area contributed by atoms with Gasteiger partial charge in [-0.15, -0.1) is 0 Å². The molecule has 0 aromatic heterocycles. The predicted octanol–water partition coefficient (Wildman–Crippen LogP) is 4.38. The quantitative estimate of drug-likeness (QED) is 0.769. The van der Waals surface area contributed by atoms with Gasteiger partial charge in [-0.2, -0.15) is 0 Å². The number of carbonyl (C=O) groups excluding carboxylic acids is 1. The van der Waals surface area contributed by atoms with Gasteiger partial charge in [0, 0.05) is 18.7 Å². The lowest BCUT2D eigenvalue weighted by Gasteiger charge is -2.27. The van der Waals surface area contributed by atoms with E-state index in [2.05, 4.69) is 30.8 Å². The molecule has 0 N–H and O–H groups in total. The molecule has 1 saturated heterocycles. The lowest BCUT2D eigenvalue weighted by Crippen LogP contribution is -2.35. The van der Waals surface area contributed by atoms with Gasteiger partial charge in [0.05, 0.1) is 0 Å². The number of carbonyl (C=O) groups is 1. The summed E-state index contributed by atoms with van der Waals surface area (Å²) in [6.07, 6.45) is 3.43. The Balaban J connectivity index is 1.75. The Morgan fingerprint density at radius 2 is 1.41 bits per heavy atom. The van der Waals surface area contributed by atoms with E-state index >= 15 is 0 Å². The van der Waals surface area contributed by atoms with Gasteiger partial charge < -0.3 is 4.90 Å². The number of amides is 1. The average molecular weight is 291 g/mol. The molecule has 0 atom stereocenters. The Kier molecular flexibility index (Phi) is 4.38. The minimum atomic E-state index is 0.0761. The molecule has 0 radical (unpaired) electrons. The molecule has 22 heavy (non-hydrogen) atoms. The molecule has 0 spiro atoms. The predicted molar refractivity (Wildman–Crippen MR) is 91.3 cm³/mol. The number of likely N-dealkylation sites (tertiary alicyclic amines) is 1. The molecule has 0 saturated carbocycles. The van der Waals surface area contributed by atoms with Crippen molar-refractivity contribution in [2.75, 3.05) is 13.1 Å². The molecular formula is C20H21NO. The summed E-state index contributed by atoms with van der Waals surface area (Å²) in [6.45, 7) is 5.73. The summed E-state index contributed by atoms with van der Waals surface area (Å²) in [7, 11) is 0. The first-order valence-electron chi connectivity index (χ1n) is 7.90. The van der Waals surface area contributed by atoms with Crippen LogP contribution in [-0.2, 0) is 4.79 Å². The highest BCUT2D eigenvalue weighted by Gasteiger charge is 2.19. The van der Waals surface area contributed by atoms with Crippen molar-refractivity contribution >= 4 is 11.5 Å². The average Bonchev–Trinajstić information content (AvgIpc) is 2.62. The van der Waals surface area contributed by atoms with Crippen LogP contribution in [-0.4, -0.2) is 23.9 Å². The van der Waals surface area contributed by atoms with E-state index in [4.69, 9.17) is 0 Å². The zero-order chi connectivity index (χ0) is 15.4. The van der Waals surface area contributed by atoms with E-state index < -0.39 is 0 Å². The molecule has 2 aromatic rings. The first kappa shape index (κ1) is 14.6. The lowest BCUT2D eigenvalue weighted by molar-refractivity contribution is -0.125. The minimum absolute atomic E-state index is 0.0761.